The number of hydrogen-bond donors (Lipinski definition) is 0. The van der Waals surface area contributed by atoms with Gasteiger partial charge in [0.1, 0.15) is 24.4 Å². The van der Waals surface area contributed by atoms with Crippen molar-refractivity contribution in [1.29, 1.82) is 0 Å². The van der Waals surface area contributed by atoms with Crippen molar-refractivity contribution in [2.45, 2.75) is 94.9 Å². The molecule has 1 fully saturated rings. The van der Waals surface area contributed by atoms with E-state index in [9.17, 15) is 0 Å². The van der Waals surface area contributed by atoms with Crippen LogP contribution in [-0.2, 0) is 28.4 Å². The minimum Gasteiger partial charge on any atom is -0.382 e. The highest BCUT2D eigenvalue weighted by molar-refractivity contribution is 4.92. The highest BCUT2D eigenvalue weighted by Gasteiger charge is 2.47. The number of hydrogen-bond acceptors (Lipinski definition) is 6. The van der Waals surface area contributed by atoms with E-state index in [1.807, 2.05) is 0 Å². The molecule has 0 amide bonds. The summed E-state index contributed by atoms with van der Waals surface area (Å²) in [5.74, 6) is 0. The van der Waals surface area contributed by atoms with Crippen molar-refractivity contribution in [2.24, 2.45) is 0 Å². The van der Waals surface area contributed by atoms with Gasteiger partial charge in [-0.05, 0) is 6.42 Å². The maximum Gasteiger partial charge on any atom is 0.186 e. The lowest BCUT2D eigenvalue weighted by Gasteiger charge is -2.44. The third-order valence-electron chi connectivity index (χ3n) is 5.42. The van der Waals surface area contributed by atoms with Crippen LogP contribution in [0, 0.1) is 6.92 Å². The Labute approximate surface area is 172 Å². The van der Waals surface area contributed by atoms with Gasteiger partial charge in [0.05, 0.1) is 6.61 Å². The normalized spacial score (nSPS) is 28.0. The zero-order valence-corrected chi connectivity index (χ0v) is 18.5. The zero-order valence-electron chi connectivity index (χ0n) is 18.5. The van der Waals surface area contributed by atoms with Crippen LogP contribution < -0.4 is 0 Å². The molecule has 0 spiro atoms. The molecule has 5 atom stereocenters. The number of methoxy groups -OCH3 is 4. The van der Waals surface area contributed by atoms with Crippen molar-refractivity contribution in [3.05, 3.63) is 6.92 Å². The van der Waals surface area contributed by atoms with Gasteiger partial charge in [-0.3, -0.25) is 0 Å². The molecule has 28 heavy (non-hydrogen) atoms. The van der Waals surface area contributed by atoms with Crippen molar-refractivity contribution in [3.8, 4) is 0 Å². The second-order valence-corrected chi connectivity index (χ2v) is 7.51. The van der Waals surface area contributed by atoms with Crippen LogP contribution in [0.1, 0.15) is 64.2 Å². The minimum atomic E-state index is -0.477. The lowest BCUT2D eigenvalue weighted by Crippen LogP contribution is -2.61. The quantitative estimate of drug-likeness (QED) is 0.340. The largest absolute Gasteiger partial charge is 0.382 e. The van der Waals surface area contributed by atoms with Gasteiger partial charge >= 0.3 is 0 Å². The van der Waals surface area contributed by atoms with Crippen LogP contribution in [0.5, 0.6) is 0 Å². The van der Waals surface area contributed by atoms with Crippen LogP contribution in [0.4, 0.5) is 0 Å². The SMILES string of the molecule is [CH2]CCCCCCCCCCCO[C@@H]1O[C@H](COC)[C@@H](OC)[C@H](OC)[C@H]1OC. The smallest absolute Gasteiger partial charge is 0.186 e. The molecule has 0 aliphatic carbocycles. The van der Waals surface area contributed by atoms with Crippen LogP contribution in [0.2, 0.25) is 0 Å². The first kappa shape index (κ1) is 25.8. The Morgan fingerprint density at radius 1 is 0.679 bits per heavy atom. The summed E-state index contributed by atoms with van der Waals surface area (Å²) in [6, 6.07) is 0. The summed E-state index contributed by atoms with van der Waals surface area (Å²) in [4.78, 5) is 0. The van der Waals surface area contributed by atoms with Crippen molar-refractivity contribution >= 4 is 0 Å². The van der Waals surface area contributed by atoms with E-state index in [1.165, 1.54) is 51.4 Å². The van der Waals surface area contributed by atoms with E-state index in [0.717, 1.165) is 12.8 Å². The average molecular weight is 404 g/mol. The van der Waals surface area contributed by atoms with E-state index >= 15 is 0 Å². The van der Waals surface area contributed by atoms with Gasteiger partial charge in [-0.2, -0.15) is 0 Å². The minimum absolute atomic E-state index is 0.250. The van der Waals surface area contributed by atoms with Crippen LogP contribution in [-0.4, -0.2) is 72.4 Å². The van der Waals surface area contributed by atoms with Crippen molar-refractivity contribution < 1.29 is 28.4 Å². The molecule has 1 aliphatic rings. The van der Waals surface area contributed by atoms with Gasteiger partial charge in [-0.1, -0.05) is 64.7 Å². The molecule has 1 saturated heterocycles. The molecule has 1 radical (unpaired) electrons. The molecule has 0 bridgehead atoms. The van der Waals surface area contributed by atoms with E-state index in [1.54, 1.807) is 28.4 Å². The summed E-state index contributed by atoms with van der Waals surface area (Å²) in [5.41, 5.74) is 0. The standard InChI is InChI=1S/C22H43O6/c1-6-7-8-9-10-11-12-13-14-15-16-27-22-21(26-5)20(25-4)19(24-3)18(28-22)17-23-2/h18-22H,1,6-17H2,2-5H3/t18-,19-,20+,21-,22-/m1/s1. The van der Waals surface area contributed by atoms with E-state index in [2.05, 4.69) is 6.92 Å². The van der Waals surface area contributed by atoms with Crippen LogP contribution >= 0.6 is 0 Å². The molecule has 6 heteroatoms. The molecule has 0 unspecified atom stereocenters. The summed E-state index contributed by atoms with van der Waals surface area (Å²) in [6.45, 7) is 4.96. The zero-order chi connectivity index (χ0) is 20.6. The van der Waals surface area contributed by atoms with E-state index < -0.39 is 6.29 Å². The predicted molar refractivity (Wildman–Crippen MR) is 110 cm³/mol. The number of ether oxygens (including phenoxy) is 6. The molecule has 1 rings (SSSR count). The fraction of sp³-hybridized carbons (Fsp3) is 0.955. The lowest BCUT2D eigenvalue weighted by atomic mass is 9.98. The van der Waals surface area contributed by atoms with Crippen molar-refractivity contribution in [1.82, 2.24) is 0 Å². The maximum absolute atomic E-state index is 6.08. The highest BCUT2D eigenvalue weighted by atomic mass is 16.7. The van der Waals surface area contributed by atoms with Gasteiger partial charge in [-0.15, -0.1) is 0 Å². The topological polar surface area (TPSA) is 55.4 Å². The summed E-state index contributed by atoms with van der Waals surface area (Å²) < 4.78 is 34.2. The Balaban J connectivity index is 2.27. The Hall–Kier alpha value is -0.240. The van der Waals surface area contributed by atoms with Crippen molar-refractivity contribution in [3.63, 3.8) is 0 Å². The summed E-state index contributed by atoms with van der Waals surface area (Å²) >= 11 is 0. The first-order valence-corrected chi connectivity index (χ1v) is 10.9. The van der Waals surface area contributed by atoms with Gasteiger partial charge in [0, 0.05) is 35.0 Å². The van der Waals surface area contributed by atoms with E-state index in [0.29, 0.717) is 13.2 Å². The second kappa shape index (κ2) is 16.5. The van der Waals surface area contributed by atoms with Crippen molar-refractivity contribution in [2.75, 3.05) is 41.7 Å². The van der Waals surface area contributed by atoms with Crippen LogP contribution in [0.15, 0.2) is 0 Å². The van der Waals surface area contributed by atoms with E-state index in [-0.39, 0.29) is 24.4 Å². The molecule has 0 aromatic rings. The second-order valence-electron chi connectivity index (χ2n) is 7.51. The molecule has 1 heterocycles. The van der Waals surface area contributed by atoms with Gasteiger partial charge in [0.2, 0.25) is 0 Å². The molecule has 0 N–H and O–H groups in total. The highest BCUT2D eigenvalue weighted by Crippen LogP contribution is 2.28. The fourth-order valence-corrected chi connectivity index (χ4v) is 3.83. The molecule has 167 valence electrons. The Morgan fingerprint density at radius 2 is 1.21 bits per heavy atom. The third-order valence-corrected chi connectivity index (χ3v) is 5.42. The van der Waals surface area contributed by atoms with Gasteiger partial charge in [-0.25, -0.2) is 0 Å². The summed E-state index contributed by atoms with van der Waals surface area (Å²) in [6.07, 6.45) is 10.9. The Bertz CT molecular complexity index is 354. The Morgan fingerprint density at radius 3 is 1.71 bits per heavy atom. The van der Waals surface area contributed by atoms with E-state index in [4.69, 9.17) is 28.4 Å². The van der Waals surface area contributed by atoms with Crippen LogP contribution in [0.3, 0.4) is 0 Å². The van der Waals surface area contributed by atoms with Gasteiger partial charge in [0.25, 0.3) is 0 Å². The molecule has 1 aliphatic heterocycles. The lowest BCUT2D eigenvalue weighted by molar-refractivity contribution is -0.313. The predicted octanol–water partition coefficient (Wildman–Crippen LogP) is 4.15. The number of rotatable bonds is 17. The summed E-state index contributed by atoms with van der Waals surface area (Å²) in [5, 5.41) is 0. The molecular weight excluding hydrogens is 360 g/mol. The molecule has 6 nitrogen and oxygen atoms in total. The fourth-order valence-electron chi connectivity index (χ4n) is 3.83. The monoisotopic (exact) mass is 403 g/mol. The van der Waals surface area contributed by atoms with Crippen LogP contribution in [0.25, 0.3) is 0 Å². The van der Waals surface area contributed by atoms with Gasteiger partial charge < -0.3 is 28.4 Å². The maximum atomic E-state index is 6.08. The Kier molecular flexibility index (Phi) is 15.2. The summed E-state index contributed by atoms with van der Waals surface area (Å²) in [7, 11) is 6.61. The molecular formula is C22H43O6. The third kappa shape index (κ3) is 9.06. The molecule has 0 aromatic carbocycles. The number of unbranched alkanes of at least 4 members (excludes halogenated alkanes) is 9. The molecule has 0 saturated carbocycles. The first-order chi connectivity index (χ1) is 13.7. The van der Waals surface area contributed by atoms with Gasteiger partial charge in [0.15, 0.2) is 6.29 Å². The first-order valence-electron chi connectivity index (χ1n) is 10.9. The average Bonchev–Trinajstić information content (AvgIpc) is 2.71. The molecule has 0 aromatic heterocycles.